The van der Waals surface area contributed by atoms with Crippen LogP contribution in [-0.4, -0.2) is 18.0 Å². The molecule has 5 nitrogen and oxygen atoms in total. The first-order valence-corrected chi connectivity index (χ1v) is 9.68. The number of rotatable bonds is 3. The summed E-state index contributed by atoms with van der Waals surface area (Å²) in [6.07, 6.45) is 0. The van der Waals surface area contributed by atoms with Crippen LogP contribution in [0.25, 0.3) is 21.1 Å². The number of hydrogen-bond donors (Lipinski definition) is 2. The minimum Gasteiger partial charge on any atom is -0.497 e. The molecule has 0 saturated heterocycles. The Morgan fingerprint density at radius 3 is 2.85 bits per heavy atom. The number of nitrogens with one attached hydrogen (secondary N) is 1. The van der Waals surface area contributed by atoms with Gasteiger partial charge in [-0.05, 0) is 65.1 Å². The molecule has 3 N–H and O–H groups in total. The Morgan fingerprint density at radius 2 is 2.08 bits per heavy atom. The highest BCUT2D eigenvalue weighted by Gasteiger charge is 2.18. The molecule has 7 heteroatoms. The predicted molar refractivity (Wildman–Crippen MR) is 115 cm³/mol. The molecule has 2 heterocycles. The minimum atomic E-state index is -0.228. The summed E-state index contributed by atoms with van der Waals surface area (Å²) in [6, 6.07) is 15.2. The van der Waals surface area contributed by atoms with Crippen LogP contribution in [-0.2, 0) is 0 Å². The minimum absolute atomic E-state index is 0.228. The highest BCUT2D eigenvalue weighted by molar-refractivity contribution is 14.1. The van der Waals surface area contributed by atoms with Crippen molar-refractivity contribution < 1.29 is 9.53 Å². The molecule has 2 aromatic heterocycles. The van der Waals surface area contributed by atoms with Crippen molar-refractivity contribution in [3.8, 4) is 5.75 Å². The number of carbonyl (C=O) groups excluding carboxylic acids is 1. The van der Waals surface area contributed by atoms with E-state index in [1.54, 1.807) is 7.11 Å². The number of methoxy groups -OCH3 is 1. The first kappa shape index (κ1) is 17.0. The molecule has 26 heavy (non-hydrogen) atoms. The molecular weight excluding hydrogens is 461 g/mol. The zero-order chi connectivity index (χ0) is 18.3. The van der Waals surface area contributed by atoms with Crippen molar-refractivity contribution in [2.24, 2.45) is 0 Å². The zero-order valence-electron chi connectivity index (χ0n) is 13.7. The summed E-state index contributed by atoms with van der Waals surface area (Å²) in [4.78, 5) is 18.5. The Balaban J connectivity index is 1.76. The van der Waals surface area contributed by atoms with Gasteiger partial charge in [-0.2, -0.15) is 0 Å². The van der Waals surface area contributed by atoms with E-state index in [2.05, 4.69) is 32.9 Å². The first-order valence-electron chi connectivity index (χ1n) is 7.79. The molecule has 0 bridgehead atoms. The maximum Gasteiger partial charge on any atom is 0.267 e. The predicted octanol–water partition coefficient (Wildman–Crippen LogP) is 4.90. The highest BCUT2D eigenvalue weighted by atomic mass is 127. The number of halogens is 1. The SMILES string of the molecule is COc1ccc2nc3sc(C(=O)Nc4cccc(I)c4)c(N)c3cc2c1. The lowest BCUT2D eigenvalue weighted by atomic mass is 10.1. The third-order valence-corrected chi connectivity index (χ3v) is 5.79. The van der Waals surface area contributed by atoms with E-state index in [0.717, 1.165) is 36.1 Å². The molecule has 0 atom stereocenters. The van der Waals surface area contributed by atoms with Gasteiger partial charge in [0.25, 0.3) is 5.91 Å². The molecule has 0 spiro atoms. The number of benzene rings is 2. The van der Waals surface area contributed by atoms with E-state index < -0.39 is 0 Å². The molecule has 0 aliphatic rings. The van der Waals surface area contributed by atoms with Crippen molar-refractivity contribution in [3.63, 3.8) is 0 Å². The van der Waals surface area contributed by atoms with Gasteiger partial charge in [0.15, 0.2) is 0 Å². The van der Waals surface area contributed by atoms with E-state index in [9.17, 15) is 4.79 Å². The Morgan fingerprint density at radius 1 is 1.23 bits per heavy atom. The smallest absolute Gasteiger partial charge is 0.267 e. The van der Waals surface area contributed by atoms with Gasteiger partial charge in [-0.3, -0.25) is 4.79 Å². The Hall–Kier alpha value is -2.39. The lowest BCUT2D eigenvalue weighted by molar-refractivity contribution is 0.103. The van der Waals surface area contributed by atoms with Crippen LogP contribution in [0.2, 0.25) is 0 Å². The molecule has 2 aromatic carbocycles. The van der Waals surface area contributed by atoms with Gasteiger partial charge in [-0.1, -0.05) is 6.07 Å². The summed E-state index contributed by atoms with van der Waals surface area (Å²) < 4.78 is 6.31. The van der Waals surface area contributed by atoms with Crippen molar-refractivity contribution in [1.82, 2.24) is 4.98 Å². The van der Waals surface area contributed by atoms with Crippen molar-refractivity contribution >= 4 is 72.3 Å². The molecule has 0 radical (unpaired) electrons. The van der Waals surface area contributed by atoms with Crippen molar-refractivity contribution in [3.05, 3.63) is 57.0 Å². The molecule has 0 unspecified atom stereocenters. The summed E-state index contributed by atoms with van der Waals surface area (Å²) in [5, 5.41) is 4.60. The monoisotopic (exact) mass is 475 g/mol. The zero-order valence-corrected chi connectivity index (χ0v) is 16.7. The Labute approximate surface area is 167 Å². The summed E-state index contributed by atoms with van der Waals surface area (Å²) >= 11 is 3.50. The van der Waals surface area contributed by atoms with E-state index in [-0.39, 0.29) is 5.91 Å². The Kier molecular flexibility index (Phi) is 4.41. The van der Waals surface area contributed by atoms with E-state index in [1.165, 1.54) is 11.3 Å². The van der Waals surface area contributed by atoms with Crippen LogP contribution in [0.5, 0.6) is 5.75 Å². The van der Waals surface area contributed by atoms with Crippen molar-refractivity contribution in [2.45, 2.75) is 0 Å². The standard InChI is InChI=1S/C19H14IN3O2S/c1-25-13-5-6-15-10(7-13)8-14-16(21)17(26-19(14)23-15)18(24)22-12-4-2-3-11(20)9-12/h2-9H,21H2,1H3,(H,22,24). The maximum atomic E-state index is 12.7. The molecule has 0 fully saturated rings. The highest BCUT2D eigenvalue weighted by Crippen LogP contribution is 2.35. The van der Waals surface area contributed by atoms with Gasteiger partial charge in [0.2, 0.25) is 0 Å². The molecule has 4 aromatic rings. The van der Waals surface area contributed by atoms with Gasteiger partial charge < -0.3 is 15.8 Å². The summed E-state index contributed by atoms with van der Waals surface area (Å²) in [5.41, 5.74) is 8.29. The molecular formula is C19H14IN3O2S. The second-order valence-corrected chi connectivity index (χ2v) is 7.95. The van der Waals surface area contributed by atoms with E-state index in [4.69, 9.17) is 10.5 Å². The first-order chi connectivity index (χ1) is 12.5. The van der Waals surface area contributed by atoms with Crippen LogP contribution in [0.15, 0.2) is 48.5 Å². The molecule has 0 saturated carbocycles. The number of fused-ring (bicyclic) bond motifs is 2. The number of carbonyl (C=O) groups is 1. The number of amides is 1. The second kappa shape index (κ2) is 6.73. The van der Waals surface area contributed by atoms with Crippen LogP contribution in [0, 0.1) is 3.57 Å². The van der Waals surface area contributed by atoms with E-state index in [0.29, 0.717) is 10.6 Å². The van der Waals surface area contributed by atoms with Gasteiger partial charge in [0, 0.05) is 20.0 Å². The van der Waals surface area contributed by atoms with Crippen molar-refractivity contribution in [2.75, 3.05) is 18.2 Å². The number of thiophene rings is 1. The van der Waals surface area contributed by atoms with Crippen LogP contribution in [0.1, 0.15) is 9.67 Å². The van der Waals surface area contributed by atoms with E-state index >= 15 is 0 Å². The van der Waals surface area contributed by atoms with Gasteiger partial charge in [-0.15, -0.1) is 11.3 Å². The number of ether oxygens (including phenoxy) is 1. The van der Waals surface area contributed by atoms with Crippen LogP contribution in [0.4, 0.5) is 11.4 Å². The van der Waals surface area contributed by atoms with Gasteiger partial charge in [0.05, 0.1) is 18.3 Å². The van der Waals surface area contributed by atoms with Crippen LogP contribution in [0.3, 0.4) is 0 Å². The van der Waals surface area contributed by atoms with Gasteiger partial charge in [0.1, 0.15) is 15.5 Å². The number of aromatic nitrogens is 1. The summed E-state index contributed by atoms with van der Waals surface area (Å²) in [7, 11) is 1.62. The third kappa shape index (κ3) is 3.08. The molecule has 0 aliphatic heterocycles. The van der Waals surface area contributed by atoms with Crippen LogP contribution >= 0.6 is 33.9 Å². The van der Waals surface area contributed by atoms with Gasteiger partial charge in [-0.25, -0.2) is 4.98 Å². The quantitative estimate of drug-likeness (QED) is 0.414. The fraction of sp³-hybridized carbons (Fsp3) is 0.0526. The number of nitrogens with two attached hydrogens (primary N) is 1. The second-order valence-electron chi connectivity index (χ2n) is 5.71. The molecule has 4 rings (SSSR count). The normalized spacial score (nSPS) is 11.0. The lowest BCUT2D eigenvalue weighted by Gasteiger charge is -2.04. The van der Waals surface area contributed by atoms with E-state index in [1.807, 2.05) is 48.5 Å². The van der Waals surface area contributed by atoms with Crippen LogP contribution < -0.4 is 15.8 Å². The molecule has 0 aliphatic carbocycles. The number of hydrogen-bond acceptors (Lipinski definition) is 5. The number of anilines is 2. The third-order valence-electron chi connectivity index (χ3n) is 4.01. The average molecular weight is 475 g/mol. The van der Waals surface area contributed by atoms with Gasteiger partial charge >= 0.3 is 0 Å². The molecule has 130 valence electrons. The summed E-state index contributed by atoms with van der Waals surface area (Å²) in [5.74, 6) is 0.526. The fourth-order valence-corrected chi connectivity index (χ4v) is 4.25. The number of nitrogen functional groups attached to an aromatic ring is 1. The topological polar surface area (TPSA) is 77.2 Å². The lowest BCUT2D eigenvalue weighted by Crippen LogP contribution is -2.11. The largest absolute Gasteiger partial charge is 0.497 e. The summed E-state index contributed by atoms with van der Waals surface area (Å²) in [6.45, 7) is 0. The molecule has 1 amide bonds. The maximum absolute atomic E-state index is 12.7. The van der Waals surface area contributed by atoms with Crippen molar-refractivity contribution in [1.29, 1.82) is 0 Å². The number of nitrogens with zero attached hydrogens (tertiary/aromatic N) is 1. The Bertz CT molecular complexity index is 1160. The average Bonchev–Trinajstić information content (AvgIpc) is 2.95. The number of pyridine rings is 1. The fourth-order valence-electron chi connectivity index (χ4n) is 2.73.